The van der Waals surface area contributed by atoms with Gasteiger partial charge in [-0.2, -0.15) is 4.98 Å². The number of rotatable bonds is 5. The summed E-state index contributed by atoms with van der Waals surface area (Å²) in [7, 11) is 2.14. The number of nitrogens with zero attached hydrogens (tertiary/aromatic N) is 6. The smallest absolute Gasteiger partial charge is 0.275 e. The SMILES string of the molecule is CN1CCN(c2ccc(Nc3ncc4c(=O)[nH]n(-c5cccc(C(C)(C)O)n5)c4n3)cc2)CC1. The summed E-state index contributed by atoms with van der Waals surface area (Å²) >= 11 is 0. The van der Waals surface area contributed by atoms with Crippen LogP contribution in [0.4, 0.5) is 17.3 Å². The Labute approximate surface area is 196 Å². The van der Waals surface area contributed by atoms with E-state index in [4.69, 9.17) is 0 Å². The van der Waals surface area contributed by atoms with Crippen LogP contribution in [0.25, 0.3) is 16.9 Å². The molecule has 10 heteroatoms. The van der Waals surface area contributed by atoms with E-state index >= 15 is 0 Å². The first-order chi connectivity index (χ1) is 16.3. The molecule has 0 amide bonds. The first-order valence-electron chi connectivity index (χ1n) is 11.3. The molecule has 1 fully saturated rings. The fourth-order valence-electron chi connectivity index (χ4n) is 3.98. The van der Waals surface area contributed by atoms with E-state index < -0.39 is 5.60 Å². The Hall–Kier alpha value is -3.76. The molecule has 34 heavy (non-hydrogen) atoms. The molecule has 5 rings (SSSR count). The van der Waals surface area contributed by atoms with Crippen molar-refractivity contribution < 1.29 is 5.11 Å². The van der Waals surface area contributed by atoms with E-state index in [0.717, 1.165) is 31.9 Å². The van der Waals surface area contributed by atoms with Gasteiger partial charge in [0.1, 0.15) is 11.0 Å². The van der Waals surface area contributed by atoms with Gasteiger partial charge in [0.2, 0.25) is 5.95 Å². The lowest BCUT2D eigenvalue weighted by atomic mass is 10.1. The van der Waals surface area contributed by atoms with Crippen LogP contribution in [0.15, 0.2) is 53.5 Å². The summed E-state index contributed by atoms with van der Waals surface area (Å²) in [5, 5.41) is 16.7. The van der Waals surface area contributed by atoms with Crippen LogP contribution < -0.4 is 15.8 Å². The maximum absolute atomic E-state index is 12.5. The number of aromatic amines is 1. The Bertz CT molecular complexity index is 1360. The fourth-order valence-corrected chi connectivity index (χ4v) is 3.98. The normalized spacial score (nSPS) is 15.1. The van der Waals surface area contributed by atoms with E-state index in [1.54, 1.807) is 32.0 Å². The number of fused-ring (bicyclic) bond motifs is 1. The molecule has 0 saturated carbocycles. The highest BCUT2D eigenvalue weighted by molar-refractivity contribution is 5.76. The fraction of sp³-hybridized carbons (Fsp3) is 0.333. The molecule has 0 bridgehead atoms. The molecule has 1 aromatic carbocycles. The van der Waals surface area contributed by atoms with Crippen molar-refractivity contribution in [3.8, 4) is 5.82 Å². The molecule has 10 nitrogen and oxygen atoms in total. The molecule has 1 aliphatic heterocycles. The highest BCUT2D eigenvalue weighted by Crippen LogP contribution is 2.23. The lowest BCUT2D eigenvalue weighted by Crippen LogP contribution is -2.44. The number of hydrogen-bond acceptors (Lipinski definition) is 8. The van der Waals surface area contributed by atoms with Gasteiger partial charge in [-0.1, -0.05) is 6.07 Å². The van der Waals surface area contributed by atoms with Gasteiger partial charge in [-0.25, -0.2) is 14.6 Å². The number of hydrogen-bond donors (Lipinski definition) is 3. The van der Waals surface area contributed by atoms with Gasteiger partial charge in [-0.05, 0) is 57.3 Å². The number of pyridine rings is 1. The molecule has 0 aliphatic carbocycles. The van der Waals surface area contributed by atoms with E-state index in [1.165, 1.54) is 16.6 Å². The van der Waals surface area contributed by atoms with Gasteiger partial charge in [-0.3, -0.25) is 9.89 Å². The predicted octanol–water partition coefficient (Wildman–Crippen LogP) is 2.23. The molecule has 4 aromatic rings. The van der Waals surface area contributed by atoms with Crippen molar-refractivity contribution in [3.05, 3.63) is 64.7 Å². The first-order valence-corrected chi connectivity index (χ1v) is 11.3. The minimum Gasteiger partial charge on any atom is -0.384 e. The van der Waals surface area contributed by atoms with Crippen LogP contribution in [0.3, 0.4) is 0 Å². The number of piperazine rings is 1. The number of nitrogens with one attached hydrogen (secondary N) is 2. The van der Waals surface area contributed by atoms with Crippen LogP contribution in [0.2, 0.25) is 0 Å². The minimum atomic E-state index is -1.11. The van der Waals surface area contributed by atoms with Crippen LogP contribution in [0.1, 0.15) is 19.5 Å². The molecular weight excluding hydrogens is 432 g/mol. The molecule has 3 N–H and O–H groups in total. The Kier molecular flexibility index (Phi) is 5.54. The van der Waals surface area contributed by atoms with Crippen molar-refractivity contribution in [1.29, 1.82) is 0 Å². The number of benzene rings is 1. The second kappa shape index (κ2) is 8.54. The van der Waals surface area contributed by atoms with E-state index in [0.29, 0.717) is 28.5 Å². The summed E-state index contributed by atoms with van der Waals surface area (Å²) in [5.41, 5.74) is 1.50. The number of aliphatic hydroxyl groups is 1. The van der Waals surface area contributed by atoms with Gasteiger partial charge in [0.15, 0.2) is 11.5 Å². The van der Waals surface area contributed by atoms with E-state index in [-0.39, 0.29) is 5.56 Å². The molecule has 4 heterocycles. The second-order valence-corrected chi connectivity index (χ2v) is 9.11. The van der Waals surface area contributed by atoms with Gasteiger partial charge in [0.25, 0.3) is 5.56 Å². The van der Waals surface area contributed by atoms with Crippen molar-refractivity contribution in [2.75, 3.05) is 43.4 Å². The molecule has 0 unspecified atom stereocenters. The largest absolute Gasteiger partial charge is 0.384 e. The standard InChI is InChI=1S/C24H28N8O2/c1-24(2,34)19-5-4-6-20(27-19)32-21-18(22(33)29-32)15-25-23(28-21)26-16-7-9-17(10-8-16)31-13-11-30(3)12-14-31/h4-10,15,34H,11-14H2,1-3H3,(H,29,33)(H,25,26,28). The van der Waals surface area contributed by atoms with Crippen molar-refractivity contribution in [2.24, 2.45) is 0 Å². The predicted molar refractivity (Wildman–Crippen MR) is 132 cm³/mol. The summed E-state index contributed by atoms with van der Waals surface area (Å²) in [4.78, 5) is 30.6. The number of likely N-dealkylation sites (N-methyl/N-ethyl adjacent to an activating group) is 1. The topological polar surface area (TPSA) is 115 Å². The quantitative estimate of drug-likeness (QED) is 0.415. The summed E-state index contributed by atoms with van der Waals surface area (Å²) in [5.74, 6) is 0.819. The molecule has 0 spiro atoms. The number of H-pyrrole nitrogens is 1. The molecule has 1 saturated heterocycles. The molecule has 0 atom stereocenters. The Morgan fingerprint density at radius 1 is 1.03 bits per heavy atom. The molecule has 0 radical (unpaired) electrons. The number of anilines is 3. The van der Waals surface area contributed by atoms with Crippen molar-refractivity contribution >= 4 is 28.4 Å². The zero-order chi connectivity index (χ0) is 23.9. The molecule has 176 valence electrons. The lowest BCUT2D eigenvalue weighted by Gasteiger charge is -2.34. The zero-order valence-corrected chi connectivity index (χ0v) is 19.5. The van der Waals surface area contributed by atoms with E-state index in [9.17, 15) is 9.90 Å². The number of aromatic nitrogens is 5. The van der Waals surface area contributed by atoms with Gasteiger partial charge in [-0.15, -0.1) is 0 Å². The highest BCUT2D eigenvalue weighted by atomic mass is 16.3. The third kappa shape index (κ3) is 4.37. The average Bonchev–Trinajstić information content (AvgIpc) is 3.15. The van der Waals surface area contributed by atoms with Crippen LogP contribution in [0, 0.1) is 0 Å². The zero-order valence-electron chi connectivity index (χ0n) is 19.5. The highest BCUT2D eigenvalue weighted by Gasteiger charge is 2.20. The Balaban J connectivity index is 1.42. The van der Waals surface area contributed by atoms with Crippen LogP contribution >= 0.6 is 0 Å². The van der Waals surface area contributed by atoms with Crippen LogP contribution in [-0.2, 0) is 5.60 Å². The molecule has 3 aromatic heterocycles. The maximum Gasteiger partial charge on any atom is 0.275 e. The van der Waals surface area contributed by atoms with E-state index in [1.807, 2.05) is 12.1 Å². The summed E-state index contributed by atoms with van der Waals surface area (Å²) in [6, 6.07) is 13.4. The summed E-state index contributed by atoms with van der Waals surface area (Å²) < 4.78 is 1.51. The van der Waals surface area contributed by atoms with Crippen molar-refractivity contribution in [2.45, 2.75) is 19.4 Å². The monoisotopic (exact) mass is 460 g/mol. The van der Waals surface area contributed by atoms with Gasteiger partial charge < -0.3 is 20.2 Å². The second-order valence-electron chi connectivity index (χ2n) is 9.11. The van der Waals surface area contributed by atoms with Crippen molar-refractivity contribution in [1.82, 2.24) is 29.6 Å². The van der Waals surface area contributed by atoms with Crippen LogP contribution in [0.5, 0.6) is 0 Å². The van der Waals surface area contributed by atoms with Gasteiger partial charge in [0, 0.05) is 43.8 Å². The summed E-state index contributed by atoms with van der Waals surface area (Å²) in [6.07, 6.45) is 1.50. The first kappa shape index (κ1) is 22.1. The third-order valence-corrected chi connectivity index (χ3v) is 6.02. The summed E-state index contributed by atoms with van der Waals surface area (Å²) in [6.45, 7) is 7.46. The van der Waals surface area contributed by atoms with Crippen LogP contribution in [-0.4, -0.2) is 68.0 Å². The molecule has 1 aliphatic rings. The minimum absolute atomic E-state index is 0.312. The van der Waals surface area contributed by atoms with E-state index in [2.05, 4.69) is 54.3 Å². The lowest BCUT2D eigenvalue weighted by molar-refractivity contribution is 0.0738. The Morgan fingerprint density at radius 2 is 1.76 bits per heavy atom. The molecular formula is C24H28N8O2. The average molecular weight is 461 g/mol. The maximum atomic E-state index is 12.5. The van der Waals surface area contributed by atoms with Gasteiger partial charge >= 0.3 is 0 Å². The third-order valence-electron chi connectivity index (χ3n) is 6.02. The van der Waals surface area contributed by atoms with Crippen molar-refractivity contribution in [3.63, 3.8) is 0 Å². The van der Waals surface area contributed by atoms with Gasteiger partial charge in [0.05, 0.1) is 5.69 Å². The Morgan fingerprint density at radius 3 is 2.47 bits per heavy atom.